The van der Waals surface area contributed by atoms with Crippen molar-refractivity contribution in [2.45, 2.75) is 66.6 Å². The molecule has 0 aliphatic rings. The van der Waals surface area contributed by atoms with Crippen LogP contribution < -0.4 is 15.1 Å². The molecule has 2 aromatic carbocycles. The standard InChI is InChI=1S/C26H36N4O2Si/c1-16-14-21(27-19(4)31)10-11-22(16)28-24-15-23(29-30-24)20-12-17(2)25(18(3)13-20)32-33(8,9)26(5,6)7/h10-15H,1-9H3,(H,27,31)(H2,28,29,30). The maximum absolute atomic E-state index is 11.3. The van der Waals surface area contributed by atoms with Crippen LogP contribution in [0.4, 0.5) is 17.2 Å². The number of nitrogens with zero attached hydrogens (tertiary/aromatic N) is 1. The van der Waals surface area contributed by atoms with Gasteiger partial charge in [-0.2, -0.15) is 5.10 Å². The summed E-state index contributed by atoms with van der Waals surface area (Å²) >= 11 is 0. The number of hydrogen-bond acceptors (Lipinski definition) is 4. The van der Waals surface area contributed by atoms with E-state index in [4.69, 9.17) is 4.43 Å². The summed E-state index contributed by atoms with van der Waals surface area (Å²) in [6.07, 6.45) is 0. The Labute approximate surface area is 198 Å². The number of carbonyl (C=O) groups is 1. The van der Waals surface area contributed by atoms with Crippen molar-refractivity contribution < 1.29 is 9.22 Å². The molecule has 3 aromatic rings. The Bertz CT molecular complexity index is 1150. The van der Waals surface area contributed by atoms with Gasteiger partial charge in [-0.3, -0.25) is 9.89 Å². The first-order valence-corrected chi connectivity index (χ1v) is 14.2. The van der Waals surface area contributed by atoms with Crippen LogP contribution in [0.1, 0.15) is 44.4 Å². The normalized spacial score (nSPS) is 11.9. The second-order valence-electron chi connectivity index (χ2n) is 10.3. The van der Waals surface area contributed by atoms with Crippen molar-refractivity contribution in [3.05, 3.63) is 53.1 Å². The highest BCUT2D eigenvalue weighted by Gasteiger charge is 2.39. The zero-order chi connectivity index (χ0) is 24.6. The fourth-order valence-electron chi connectivity index (χ4n) is 3.43. The summed E-state index contributed by atoms with van der Waals surface area (Å²) in [4.78, 5) is 11.3. The van der Waals surface area contributed by atoms with Crippen molar-refractivity contribution in [2.24, 2.45) is 0 Å². The second-order valence-corrected chi connectivity index (χ2v) is 15.0. The van der Waals surface area contributed by atoms with Gasteiger partial charge in [-0.25, -0.2) is 0 Å². The lowest BCUT2D eigenvalue weighted by molar-refractivity contribution is -0.114. The SMILES string of the molecule is CC(=O)Nc1ccc(Nc2cc(-c3cc(C)c(O[Si](C)(C)C(C)(C)C)c(C)c3)[nH]n2)c(C)c1. The van der Waals surface area contributed by atoms with E-state index in [1.165, 1.54) is 6.92 Å². The number of nitrogens with one attached hydrogen (secondary N) is 3. The van der Waals surface area contributed by atoms with E-state index in [2.05, 4.69) is 80.7 Å². The zero-order valence-corrected chi connectivity index (χ0v) is 22.2. The van der Waals surface area contributed by atoms with E-state index in [9.17, 15) is 4.79 Å². The molecule has 3 N–H and O–H groups in total. The molecular formula is C26H36N4O2Si. The lowest BCUT2D eigenvalue weighted by atomic mass is 10.0. The Balaban J connectivity index is 1.81. The molecule has 1 amide bonds. The average molecular weight is 465 g/mol. The van der Waals surface area contributed by atoms with Gasteiger partial charge in [-0.1, -0.05) is 20.8 Å². The Morgan fingerprint density at radius 3 is 2.18 bits per heavy atom. The third kappa shape index (κ3) is 5.65. The fraction of sp³-hybridized carbons (Fsp3) is 0.385. The van der Waals surface area contributed by atoms with Gasteiger partial charge in [-0.05, 0) is 85.9 Å². The number of hydrogen-bond donors (Lipinski definition) is 3. The Morgan fingerprint density at radius 1 is 1.00 bits per heavy atom. The minimum absolute atomic E-state index is 0.0848. The van der Waals surface area contributed by atoms with Gasteiger partial charge in [0.25, 0.3) is 8.32 Å². The molecule has 0 atom stereocenters. The van der Waals surface area contributed by atoms with Crippen molar-refractivity contribution in [3.63, 3.8) is 0 Å². The predicted octanol–water partition coefficient (Wildman–Crippen LogP) is 7.09. The molecule has 33 heavy (non-hydrogen) atoms. The van der Waals surface area contributed by atoms with Crippen molar-refractivity contribution in [2.75, 3.05) is 10.6 Å². The molecule has 0 saturated heterocycles. The van der Waals surface area contributed by atoms with Gasteiger partial charge in [0.2, 0.25) is 5.91 Å². The summed E-state index contributed by atoms with van der Waals surface area (Å²) < 4.78 is 6.62. The van der Waals surface area contributed by atoms with Crippen LogP contribution in [0.25, 0.3) is 11.3 Å². The number of H-pyrrole nitrogens is 1. The first-order valence-electron chi connectivity index (χ1n) is 11.3. The monoisotopic (exact) mass is 464 g/mol. The van der Waals surface area contributed by atoms with E-state index >= 15 is 0 Å². The van der Waals surface area contributed by atoms with Crippen LogP contribution in [-0.4, -0.2) is 24.4 Å². The minimum atomic E-state index is -1.92. The summed E-state index contributed by atoms with van der Waals surface area (Å²) in [6, 6.07) is 12.1. The molecular weight excluding hydrogens is 428 g/mol. The molecule has 1 heterocycles. The zero-order valence-electron chi connectivity index (χ0n) is 21.2. The highest BCUT2D eigenvalue weighted by Crippen LogP contribution is 2.40. The number of aryl methyl sites for hydroxylation is 3. The third-order valence-corrected chi connectivity index (χ3v) is 10.6. The summed E-state index contributed by atoms with van der Waals surface area (Å²) in [5.74, 6) is 1.65. The van der Waals surface area contributed by atoms with E-state index in [0.29, 0.717) is 0 Å². The van der Waals surface area contributed by atoms with E-state index in [1.807, 2.05) is 31.2 Å². The molecule has 6 nitrogen and oxygen atoms in total. The number of aromatic amines is 1. The largest absolute Gasteiger partial charge is 0.543 e. The predicted molar refractivity (Wildman–Crippen MR) is 140 cm³/mol. The lowest BCUT2D eigenvalue weighted by Gasteiger charge is -2.37. The van der Waals surface area contributed by atoms with Gasteiger partial charge in [0.15, 0.2) is 5.82 Å². The number of benzene rings is 2. The fourth-order valence-corrected chi connectivity index (χ4v) is 4.57. The first-order chi connectivity index (χ1) is 15.3. The van der Waals surface area contributed by atoms with Crippen LogP contribution in [0.5, 0.6) is 5.75 Å². The van der Waals surface area contributed by atoms with Gasteiger partial charge in [0.1, 0.15) is 5.75 Å². The minimum Gasteiger partial charge on any atom is -0.543 e. The van der Waals surface area contributed by atoms with Gasteiger partial charge < -0.3 is 15.1 Å². The smallest absolute Gasteiger partial charge is 0.250 e. The first kappa shape index (κ1) is 24.6. The molecule has 0 saturated carbocycles. The number of rotatable bonds is 6. The van der Waals surface area contributed by atoms with Crippen molar-refractivity contribution in [1.29, 1.82) is 0 Å². The summed E-state index contributed by atoms with van der Waals surface area (Å²) in [7, 11) is -1.92. The van der Waals surface area contributed by atoms with Crippen LogP contribution >= 0.6 is 0 Å². The molecule has 0 bridgehead atoms. The average Bonchev–Trinajstić information content (AvgIpc) is 3.14. The molecule has 0 aliphatic heterocycles. The van der Waals surface area contributed by atoms with Gasteiger partial charge in [0.05, 0.1) is 5.69 Å². The van der Waals surface area contributed by atoms with Crippen molar-refractivity contribution in [3.8, 4) is 17.0 Å². The molecule has 7 heteroatoms. The molecule has 0 radical (unpaired) electrons. The Morgan fingerprint density at radius 2 is 1.64 bits per heavy atom. The maximum Gasteiger partial charge on any atom is 0.250 e. The Kier molecular flexibility index (Phi) is 6.74. The molecule has 0 spiro atoms. The molecule has 0 fully saturated rings. The lowest BCUT2D eigenvalue weighted by Crippen LogP contribution is -2.44. The summed E-state index contributed by atoms with van der Waals surface area (Å²) in [5.41, 5.74) is 7.00. The van der Waals surface area contributed by atoms with Gasteiger partial charge in [-0.15, -0.1) is 0 Å². The topological polar surface area (TPSA) is 79.0 Å². The van der Waals surface area contributed by atoms with E-state index in [-0.39, 0.29) is 10.9 Å². The molecule has 3 rings (SSSR count). The summed E-state index contributed by atoms with van der Waals surface area (Å²) in [6.45, 7) is 19.0. The molecule has 1 aromatic heterocycles. The van der Waals surface area contributed by atoms with E-state index in [0.717, 1.165) is 50.9 Å². The van der Waals surface area contributed by atoms with Crippen LogP contribution in [0, 0.1) is 20.8 Å². The quantitative estimate of drug-likeness (QED) is 0.340. The summed E-state index contributed by atoms with van der Waals surface area (Å²) in [5, 5.41) is 13.9. The maximum atomic E-state index is 11.3. The highest BCUT2D eigenvalue weighted by molar-refractivity contribution is 6.74. The molecule has 0 aliphatic carbocycles. The van der Waals surface area contributed by atoms with Crippen LogP contribution in [-0.2, 0) is 4.79 Å². The van der Waals surface area contributed by atoms with Crippen LogP contribution in [0.3, 0.4) is 0 Å². The number of amides is 1. The van der Waals surface area contributed by atoms with E-state index in [1.54, 1.807) is 0 Å². The number of carbonyl (C=O) groups excluding carboxylic acids is 1. The van der Waals surface area contributed by atoms with Crippen molar-refractivity contribution >= 4 is 31.4 Å². The number of aromatic nitrogens is 2. The highest BCUT2D eigenvalue weighted by atomic mass is 28.4. The molecule has 176 valence electrons. The molecule has 0 unspecified atom stereocenters. The van der Waals surface area contributed by atoms with Crippen molar-refractivity contribution in [1.82, 2.24) is 10.2 Å². The van der Waals surface area contributed by atoms with Gasteiger partial charge in [0, 0.05) is 29.9 Å². The van der Waals surface area contributed by atoms with Gasteiger partial charge >= 0.3 is 0 Å². The van der Waals surface area contributed by atoms with Crippen LogP contribution in [0.2, 0.25) is 18.1 Å². The number of anilines is 3. The Hall–Kier alpha value is -3.06. The van der Waals surface area contributed by atoms with Crippen LogP contribution in [0.15, 0.2) is 36.4 Å². The van der Waals surface area contributed by atoms with E-state index < -0.39 is 8.32 Å². The second kappa shape index (κ2) is 9.06. The third-order valence-electron chi connectivity index (χ3n) is 6.32.